The van der Waals surface area contributed by atoms with Crippen LogP contribution in [0.4, 0.5) is 14.9 Å². The number of hydrogen-bond acceptors (Lipinski definition) is 4. The third-order valence-corrected chi connectivity index (χ3v) is 5.10. The van der Waals surface area contributed by atoms with Crippen LogP contribution in [0.15, 0.2) is 53.4 Å². The molecule has 3 amide bonds. The predicted octanol–water partition coefficient (Wildman–Crippen LogP) is 4.11. The number of carbonyl (C=O) groups is 3. The molecule has 0 bridgehead atoms. The molecular formula is C18H12FIN2O3S. The summed E-state index contributed by atoms with van der Waals surface area (Å²) in [5.41, 5.74) is 1.18. The fraction of sp³-hybridized carbons (Fsp3) is 0.0556. The Kier molecular flexibility index (Phi) is 5.72. The van der Waals surface area contributed by atoms with Crippen LogP contribution in [-0.2, 0) is 9.59 Å². The summed E-state index contributed by atoms with van der Waals surface area (Å²) in [7, 11) is 0. The smallest absolute Gasteiger partial charge is 0.294 e. The molecule has 132 valence electrons. The van der Waals surface area contributed by atoms with Crippen LogP contribution < -0.4 is 5.32 Å². The summed E-state index contributed by atoms with van der Waals surface area (Å²) in [5, 5.41) is 2.03. The van der Waals surface area contributed by atoms with Gasteiger partial charge in [-0.05, 0) is 82.4 Å². The summed E-state index contributed by atoms with van der Waals surface area (Å²) in [6.45, 7) is -0.397. The Morgan fingerprint density at radius 1 is 1.12 bits per heavy atom. The summed E-state index contributed by atoms with van der Waals surface area (Å²) >= 11 is 2.97. The fourth-order valence-corrected chi connectivity index (χ4v) is 3.42. The van der Waals surface area contributed by atoms with Gasteiger partial charge in [0.1, 0.15) is 12.4 Å². The first-order valence-electron chi connectivity index (χ1n) is 7.49. The number of nitrogens with zero attached hydrogens (tertiary/aromatic N) is 1. The molecule has 0 spiro atoms. The molecule has 3 rings (SSSR count). The monoisotopic (exact) mass is 482 g/mol. The second-order valence-electron chi connectivity index (χ2n) is 5.37. The molecule has 0 atom stereocenters. The van der Waals surface area contributed by atoms with Gasteiger partial charge in [-0.2, -0.15) is 0 Å². The van der Waals surface area contributed by atoms with Crippen LogP contribution in [0.1, 0.15) is 5.56 Å². The molecule has 2 aromatic rings. The number of nitrogens with one attached hydrogen (secondary N) is 1. The molecule has 0 radical (unpaired) electrons. The van der Waals surface area contributed by atoms with Crippen molar-refractivity contribution >= 4 is 63.2 Å². The first-order chi connectivity index (χ1) is 12.4. The van der Waals surface area contributed by atoms with Gasteiger partial charge in [-0.15, -0.1) is 0 Å². The van der Waals surface area contributed by atoms with Crippen molar-refractivity contribution in [2.45, 2.75) is 0 Å². The molecule has 1 aliphatic heterocycles. The molecule has 1 aliphatic rings. The molecule has 1 saturated heterocycles. The molecule has 8 heteroatoms. The zero-order chi connectivity index (χ0) is 18.7. The highest BCUT2D eigenvalue weighted by molar-refractivity contribution is 14.1. The zero-order valence-corrected chi connectivity index (χ0v) is 16.2. The minimum Gasteiger partial charge on any atom is -0.325 e. The van der Waals surface area contributed by atoms with E-state index in [9.17, 15) is 18.8 Å². The number of halogens is 2. The summed E-state index contributed by atoms with van der Waals surface area (Å²) in [6.07, 6.45) is 1.62. The standard InChI is InChI=1S/C18H12FIN2O3S/c19-12-3-7-14(8-4-12)21-16(23)10-22-17(24)15(26-18(22)25)9-11-1-5-13(20)6-2-11/h1-9H,10H2,(H,21,23)/b15-9+. The highest BCUT2D eigenvalue weighted by Crippen LogP contribution is 2.32. The number of carbonyl (C=O) groups excluding carboxylic acids is 3. The highest BCUT2D eigenvalue weighted by Gasteiger charge is 2.36. The average Bonchev–Trinajstić information content (AvgIpc) is 2.86. The van der Waals surface area contributed by atoms with Crippen LogP contribution in [-0.4, -0.2) is 28.5 Å². The van der Waals surface area contributed by atoms with Gasteiger partial charge in [0.25, 0.3) is 11.1 Å². The van der Waals surface area contributed by atoms with Gasteiger partial charge in [0.05, 0.1) is 4.91 Å². The van der Waals surface area contributed by atoms with E-state index >= 15 is 0 Å². The second kappa shape index (κ2) is 8.00. The quantitative estimate of drug-likeness (QED) is 0.527. The number of benzene rings is 2. The van der Waals surface area contributed by atoms with E-state index in [1.807, 2.05) is 24.3 Å². The SMILES string of the molecule is O=C(CN1C(=O)S/C(=C/c2ccc(I)cc2)C1=O)Nc1ccc(F)cc1. The molecular weight excluding hydrogens is 470 g/mol. The highest BCUT2D eigenvalue weighted by atomic mass is 127. The van der Waals surface area contributed by atoms with Crippen molar-refractivity contribution in [2.75, 3.05) is 11.9 Å². The van der Waals surface area contributed by atoms with Gasteiger partial charge in [0.2, 0.25) is 5.91 Å². The number of thioether (sulfide) groups is 1. The lowest BCUT2D eigenvalue weighted by Crippen LogP contribution is -2.36. The molecule has 0 unspecified atom stereocenters. The summed E-state index contributed by atoms with van der Waals surface area (Å²) < 4.78 is 13.9. The van der Waals surface area contributed by atoms with E-state index in [1.54, 1.807) is 6.08 Å². The van der Waals surface area contributed by atoms with Gasteiger partial charge in [-0.1, -0.05) is 12.1 Å². The molecule has 5 nitrogen and oxygen atoms in total. The maximum absolute atomic E-state index is 12.9. The lowest BCUT2D eigenvalue weighted by Gasteiger charge is -2.12. The Labute approximate surface area is 166 Å². The van der Waals surface area contributed by atoms with Gasteiger partial charge in [0, 0.05) is 9.26 Å². The van der Waals surface area contributed by atoms with Crippen LogP contribution in [0.5, 0.6) is 0 Å². The van der Waals surface area contributed by atoms with Gasteiger partial charge in [-0.25, -0.2) is 4.39 Å². The lowest BCUT2D eigenvalue weighted by molar-refractivity contribution is -0.127. The summed E-state index contributed by atoms with van der Waals surface area (Å²) in [6, 6.07) is 12.7. The number of amides is 3. The topological polar surface area (TPSA) is 66.5 Å². The van der Waals surface area contributed by atoms with Crippen molar-refractivity contribution in [1.82, 2.24) is 4.90 Å². The van der Waals surface area contributed by atoms with Crippen LogP contribution >= 0.6 is 34.4 Å². The molecule has 1 fully saturated rings. The Morgan fingerprint density at radius 3 is 2.42 bits per heavy atom. The zero-order valence-electron chi connectivity index (χ0n) is 13.2. The second-order valence-corrected chi connectivity index (χ2v) is 7.61. The van der Waals surface area contributed by atoms with Gasteiger partial charge in [-0.3, -0.25) is 19.3 Å². The third-order valence-electron chi connectivity index (χ3n) is 3.47. The van der Waals surface area contributed by atoms with Crippen LogP contribution in [0.3, 0.4) is 0 Å². The summed E-state index contributed by atoms with van der Waals surface area (Å²) in [4.78, 5) is 37.7. The Balaban J connectivity index is 1.67. The van der Waals surface area contributed by atoms with E-state index in [2.05, 4.69) is 27.9 Å². The minimum atomic E-state index is -0.533. The van der Waals surface area contributed by atoms with E-state index in [0.29, 0.717) is 5.69 Å². The Hall–Kier alpha value is -2.20. The maximum atomic E-state index is 12.9. The first kappa shape index (κ1) is 18.6. The van der Waals surface area contributed by atoms with Gasteiger partial charge >= 0.3 is 0 Å². The van der Waals surface area contributed by atoms with Crippen LogP contribution in [0, 0.1) is 9.39 Å². The Bertz CT molecular complexity index is 898. The summed E-state index contributed by atoms with van der Waals surface area (Å²) in [5.74, 6) is -1.46. The van der Waals surface area contributed by atoms with Crippen molar-refractivity contribution in [3.63, 3.8) is 0 Å². The largest absolute Gasteiger partial charge is 0.325 e. The average molecular weight is 482 g/mol. The number of imide groups is 1. The lowest BCUT2D eigenvalue weighted by atomic mass is 10.2. The van der Waals surface area contributed by atoms with Crippen LogP contribution in [0.2, 0.25) is 0 Å². The first-order valence-corrected chi connectivity index (χ1v) is 9.38. The van der Waals surface area contributed by atoms with Crippen molar-refractivity contribution in [3.8, 4) is 0 Å². The van der Waals surface area contributed by atoms with E-state index in [1.165, 1.54) is 24.3 Å². The third kappa shape index (κ3) is 4.50. The number of rotatable bonds is 4. The Morgan fingerprint density at radius 2 is 1.77 bits per heavy atom. The molecule has 0 aromatic heterocycles. The molecule has 0 saturated carbocycles. The molecule has 2 aromatic carbocycles. The van der Waals surface area contributed by atoms with Crippen molar-refractivity contribution in [3.05, 3.63) is 68.4 Å². The van der Waals surface area contributed by atoms with Crippen molar-refractivity contribution in [1.29, 1.82) is 0 Å². The normalized spacial score (nSPS) is 15.6. The van der Waals surface area contributed by atoms with Crippen molar-refractivity contribution < 1.29 is 18.8 Å². The van der Waals surface area contributed by atoms with E-state index in [-0.39, 0.29) is 4.91 Å². The van der Waals surface area contributed by atoms with E-state index in [0.717, 1.165) is 25.8 Å². The van der Waals surface area contributed by atoms with Crippen molar-refractivity contribution in [2.24, 2.45) is 0 Å². The predicted molar refractivity (Wildman–Crippen MR) is 107 cm³/mol. The van der Waals surface area contributed by atoms with Gasteiger partial charge < -0.3 is 5.32 Å². The molecule has 1 N–H and O–H groups in total. The van der Waals surface area contributed by atoms with Crippen LogP contribution in [0.25, 0.3) is 6.08 Å². The van der Waals surface area contributed by atoms with E-state index < -0.39 is 29.4 Å². The molecule has 0 aliphatic carbocycles. The molecule has 1 heterocycles. The fourth-order valence-electron chi connectivity index (χ4n) is 2.22. The molecule has 26 heavy (non-hydrogen) atoms. The number of hydrogen-bond donors (Lipinski definition) is 1. The number of anilines is 1. The van der Waals surface area contributed by atoms with E-state index in [4.69, 9.17) is 0 Å². The minimum absolute atomic E-state index is 0.269. The maximum Gasteiger partial charge on any atom is 0.294 e. The van der Waals surface area contributed by atoms with Gasteiger partial charge in [0.15, 0.2) is 0 Å².